The number of nitrogens with one attached hydrogen (secondary N) is 2. The van der Waals surface area contributed by atoms with Gasteiger partial charge in [0.25, 0.3) is 0 Å². The van der Waals surface area contributed by atoms with Gasteiger partial charge in [0.2, 0.25) is 0 Å². The Kier molecular flexibility index (Phi) is 3.05. The third kappa shape index (κ3) is 2.59. The van der Waals surface area contributed by atoms with Crippen LogP contribution in [0.4, 0.5) is 0 Å². The van der Waals surface area contributed by atoms with E-state index in [1.807, 2.05) is 0 Å². The second kappa shape index (κ2) is 4.48. The summed E-state index contributed by atoms with van der Waals surface area (Å²) < 4.78 is 0. The molecule has 15 heavy (non-hydrogen) atoms. The highest BCUT2D eigenvalue weighted by molar-refractivity contribution is 5.81. The van der Waals surface area contributed by atoms with Gasteiger partial charge in [-0.15, -0.1) is 0 Å². The van der Waals surface area contributed by atoms with Gasteiger partial charge in [-0.2, -0.15) is 0 Å². The lowest BCUT2D eigenvalue weighted by Crippen LogP contribution is -2.55. The van der Waals surface area contributed by atoms with E-state index in [1.165, 1.54) is 0 Å². The van der Waals surface area contributed by atoms with Gasteiger partial charge in [-0.1, -0.05) is 0 Å². The van der Waals surface area contributed by atoms with Crippen LogP contribution in [0.15, 0.2) is 4.99 Å². The summed E-state index contributed by atoms with van der Waals surface area (Å²) in [5, 5.41) is 15.1. The molecular weight excluding hydrogens is 196 g/mol. The first-order valence-corrected chi connectivity index (χ1v) is 5.24. The highest BCUT2D eigenvalue weighted by atomic mass is 16.4. The summed E-state index contributed by atoms with van der Waals surface area (Å²) in [7, 11) is 0. The van der Waals surface area contributed by atoms with E-state index in [0.717, 1.165) is 38.7 Å². The first-order chi connectivity index (χ1) is 7.25. The van der Waals surface area contributed by atoms with Crippen LogP contribution >= 0.6 is 0 Å². The number of piperazine rings is 1. The van der Waals surface area contributed by atoms with E-state index < -0.39 is 5.97 Å². The lowest BCUT2D eigenvalue weighted by Gasteiger charge is -2.34. The van der Waals surface area contributed by atoms with Gasteiger partial charge in [0.05, 0.1) is 13.0 Å². The number of carboxylic acids is 1. The molecule has 0 amide bonds. The van der Waals surface area contributed by atoms with Crippen molar-refractivity contribution in [3.05, 3.63) is 0 Å². The van der Waals surface area contributed by atoms with Crippen LogP contribution in [0.1, 0.15) is 6.42 Å². The number of carbonyl (C=O) groups is 1. The molecule has 1 atom stereocenters. The second-order valence-corrected chi connectivity index (χ2v) is 3.83. The maximum absolute atomic E-state index is 10.6. The van der Waals surface area contributed by atoms with Crippen LogP contribution in [0, 0.1) is 0 Å². The molecule has 84 valence electrons. The fourth-order valence-electron chi connectivity index (χ4n) is 1.96. The molecule has 2 aliphatic rings. The molecule has 2 rings (SSSR count). The lowest BCUT2D eigenvalue weighted by molar-refractivity contribution is -0.137. The number of guanidine groups is 1. The summed E-state index contributed by atoms with van der Waals surface area (Å²) in [5.74, 6) is 0.169. The minimum Gasteiger partial charge on any atom is -0.481 e. The van der Waals surface area contributed by atoms with E-state index in [2.05, 4.69) is 20.5 Å². The zero-order valence-corrected chi connectivity index (χ0v) is 8.57. The van der Waals surface area contributed by atoms with Crippen LogP contribution in [0.3, 0.4) is 0 Å². The predicted octanol–water partition coefficient (Wildman–Crippen LogP) is -1.31. The van der Waals surface area contributed by atoms with E-state index in [1.54, 1.807) is 0 Å². The fourth-order valence-corrected chi connectivity index (χ4v) is 1.96. The molecule has 0 aromatic carbocycles. The number of aliphatic imine (C=N–C) groups is 1. The Morgan fingerprint density at radius 2 is 2.47 bits per heavy atom. The monoisotopic (exact) mass is 212 g/mol. The topological polar surface area (TPSA) is 77.0 Å². The van der Waals surface area contributed by atoms with Crippen molar-refractivity contribution in [2.45, 2.75) is 12.5 Å². The van der Waals surface area contributed by atoms with Crippen molar-refractivity contribution in [1.29, 1.82) is 0 Å². The van der Waals surface area contributed by atoms with Gasteiger partial charge >= 0.3 is 5.97 Å². The number of nitrogens with zero attached hydrogens (tertiary/aromatic N) is 2. The molecule has 0 radical (unpaired) electrons. The summed E-state index contributed by atoms with van der Waals surface area (Å²) in [4.78, 5) is 17.0. The highest BCUT2D eigenvalue weighted by Gasteiger charge is 2.24. The molecule has 6 heteroatoms. The smallest absolute Gasteiger partial charge is 0.304 e. The number of aliphatic carboxylic acids is 1. The van der Waals surface area contributed by atoms with Crippen molar-refractivity contribution < 1.29 is 9.90 Å². The van der Waals surface area contributed by atoms with Crippen molar-refractivity contribution >= 4 is 11.9 Å². The molecular formula is C9H16N4O2. The first-order valence-electron chi connectivity index (χ1n) is 5.24. The molecule has 0 aliphatic carbocycles. The second-order valence-electron chi connectivity index (χ2n) is 3.83. The minimum absolute atomic E-state index is 0.0290. The van der Waals surface area contributed by atoms with Gasteiger partial charge in [-0.3, -0.25) is 9.79 Å². The van der Waals surface area contributed by atoms with Gasteiger partial charge in [-0.25, -0.2) is 0 Å². The Hall–Kier alpha value is -1.30. The van der Waals surface area contributed by atoms with Crippen LogP contribution in [0.5, 0.6) is 0 Å². The molecule has 0 aromatic rings. The molecule has 0 saturated carbocycles. The SMILES string of the molecule is O=C(O)CC1CN(C2=NCCN2)CCN1. The van der Waals surface area contributed by atoms with E-state index in [0.29, 0.717) is 0 Å². The third-order valence-corrected chi connectivity index (χ3v) is 2.63. The molecule has 3 N–H and O–H groups in total. The zero-order chi connectivity index (χ0) is 10.7. The Labute approximate surface area is 88.4 Å². The zero-order valence-electron chi connectivity index (χ0n) is 8.57. The van der Waals surface area contributed by atoms with Gasteiger partial charge in [-0.05, 0) is 0 Å². The van der Waals surface area contributed by atoms with Crippen LogP contribution in [-0.4, -0.2) is 60.7 Å². The predicted molar refractivity (Wildman–Crippen MR) is 55.9 cm³/mol. The van der Waals surface area contributed by atoms with Crippen molar-refractivity contribution in [3.63, 3.8) is 0 Å². The number of rotatable bonds is 2. The molecule has 2 aliphatic heterocycles. The largest absolute Gasteiger partial charge is 0.481 e. The molecule has 0 aromatic heterocycles. The Morgan fingerprint density at radius 3 is 3.13 bits per heavy atom. The van der Waals surface area contributed by atoms with Crippen LogP contribution in [-0.2, 0) is 4.79 Å². The highest BCUT2D eigenvalue weighted by Crippen LogP contribution is 2.04. The van der Waals surface area contributed by atoms with Crippen LogP contribution in [0.2, 0.25) is 0 Å². The standard InChI is InChI=1S/C9H16N4O2/c14-8(15)5-7-6-13(4-3-10-7)9-11-1-2-12-9/h7,10H,1-6H2,(H,11,12)(H,14,15). The maximum atomic E-state index is 10.6. The minimum atomic E-state index is -0.754. The summed E-state index contributed by atoms with van der Waals surface area (Å²) in [5.41, 5.74) is 0. The van der Waals surface area contributed by atoms with E-state index in [-0.39, 0.29) is 12.5 Å². The quantitative estimate of drug-likeness (QED) is 0.530. The average molecular weight is 212 g/mol. The molecule has 1 fully saturated rings. The average Bonchev–Trinajstić information content (AvgIpc) is 2.69. The Balaban J connectivity index is 1.89. The van der Waals surface area contributed by atoms with Crippen molar-refractivity contribution in [3.8, 4) is 0 Å². The maximum Gasteiger partial charge on any atom is 0.304 e. The number of carboxylic acid groups (broad SMARTS) is 1. The van der Waals surface area contributed by atoms with Gasteiger partial charge in [0, 0.05) is 32.2 Å². The van der Waals surface area contributed by atoms with Crippen molar-refractivity contribution in [1.82, 2.24) is 15.5 Å². The first kappa shape index (κ1) is 10.2. The van der Waals surface area contributed by atoms with Crippen LogP contribution in [0.25, 0.3) is 0 Å². The summed E-state index contributed by atoms with van der Waals surface area (Å²) in [6.45, 7) is 4.14. The molecule has 1 saturated heterocycles. The summed E-state index contributed by atoms with van der Waals surface area (Å²) >= 11 is 0. The molecule has 0 bridgehead atoms. The number of hydrogen-bond donors (Lipinski definition) is 3. The van der Waals surface area contributed by atoms with Gasteiger partial charge in [0.15, 0.2) is 5.96 Å². The Bertz CT molecular complexity index is 279. The molecule has 1 unspecified atom stereocenters. The number of hydrogen-bond acceptors (Lipinski definition) is 5. The normalized spacial score (nSPS) is 26.0. The third-order valence-electron chi connectivity index (χ3n) is 2.63. The van der Waals surface area contributed by atoms with Crippen molar-refractivity contribution in [2.24, 2.45) is 4.99 Å². The van der Waals surface area contributed by atoms with E-state index in [9.17, 15) is 4.79 Å². The Morgan fingerprint density at radius 1 is 1.60 bits per heavy atom. The molecule has 2 heterocycles. The van der Waals surface area contributed by atoms with Gasteiger partial charge in [0.1, 0.15) is 0 Å². The van der Waals surface area contributed by atoms with Crippen LogP contribution < -0.4 is 10.6 Å². The van der Waals surface area contributed by atoms with Crippen molar-refractivity contribution in [2.75, 3.05) is 32.7 Å². The van der Waals surface area contributed by atoms with E-state index >= 15 is 0 Å². The molecule has 0 spiro atoms. The van der Waals surface area contributed by atoms with E-state index in [4.69, 9.17) is 5.11 Å². The fraction of sp³-hybridized carbons (Fsp3) is 0.778. The lowest BCUT2D eigenvalue weighted by atomic mass is 10.1. The van der Waals surface area contributed by atoms with Gasteiger partial charge < -0.3 is 20.6 Å². The molecule has 6 nitrogen and oxygen atoms in total. The summed E-state index contributed by atoms with van der Waals surface area (Å²) in [6, 6.07) is 0.0290. The summed E-state index contributed by atoms with van der Waals surface area (Å²) in [6.07, 6.45) is 0.170.